The Morgan fingerprint density at radius 2 is 1.36 bits per heavy atom. The molecule has 0 spiro atoms. The summed E-state index contributed by atoms with van der Waals surface area (Å²) in [7, 11) is 0. The molecule has 302 valence electrons. The summed E-state index contributed by atoms with van der Waals surface area (Å²) in [6, 6.07) is 24.0. The van der Waals surface area contributed by atoms with Crippen molar-refractivity contribution in [3.8, 4) is 11.1 Å². The van der Waals surface area contributed by atoms with Crippen LogP contribution in [0.5, 0.6) is 0 Å². The molecule has 55 heavy (non-hydrogen) atoms. The molecule has 3 N–H and O–H groups in total. The number of carbonyl (C=O) groups is 2. The molecular formula is C46H67N3O6. The van der Waals surface area contributed by atoms with Gasteiger partial charge in [0.1, 0.15) is 6.54 Å². The number of hydrogen-bond acceptors (Lipinski definition) is 7. The van der Waals surface area contributed by atoms with Crippen LogP contribution in [-0.2, 0) is 32.2 Å². The predicted octanol–water partition coefficient (Wildman–Crippen LogP) is 9.78. The summed E-state index contributed by atoms with van der Waals surface area (Å²) in [5.41, 5.74) is 5.91. The van der Waals surface area contributed by atoms with Gasteiger partial charge in [-0.3, -0.25) is 4.79 Å². The van der Waals surface area contributed by atoms with Crippen molar-refractivity contribution in [2.75, 3.05) is 32.8 Å². The first-order chi connectivity index (χ1) is 26.9. The molecule has 3 unspecified atom stereocenters. The van der Waals surface area contributed by atoms with Gasteiger partial charge in [-0.25, -0.2) is 4.79 Å². The molecule has 9 heteroatoms. The lowest BCUT2D eigenvalue weighted by Gasteiger charge is -2.38. The predicted molar refractivity (Wildman–Crippen MR) is 220 cm³/mol. The number of urea groups is 1. The maximum absolute atomic E-state index is 12.4. The lowest BCUT2D eigenvalue weighted by Crippen LogP contribution is -2.40. The van der Waals surface area contributed by atoms with Crippen LogP contribution in [0, 0.1) is 0 Å². The fourth-order valence-electron chi connectivity index (χ4n) is 7.23. The summed E-state index contributed by atoms with van der Waals surface area (Å²) < 4.78 is 18.4. The van der Waals surface area contributed by atoms with Crippen LogP contribution >= 0.6 is 0 Å². The number of hydrogen-bond donors (Lipinski definition) is 3. The second-order valence-electron chi connectivity index (χ2n) is 14.8. The lowest BCUT2D eigenvalue weighted by molar-refractivity contribution is -0.253. The van der Waals surface area contributed by atoms with Crippen LogP contribution in [0.3, 0.4) is 0 Å². The van der Waals surface area contributed by atoms with E-state index in [0.717, 1.165) is 59.4 Å². The topological polar surface area (TPSA) is 109 Å². The van der Waals surface area contributed by atoms with Crippen LogP contribution in [0.4, 0.5) is 4.79 Å². The number of nitrogens with zero attached hydrogens (tertiary/aromatic N) is 1. The second kappa shape index (κ2) is 25.4. The number of unbranched alkanes of at least 4 members (excludes halogenated alkanes) is 10. The number of carbonyl (C=O) groups excluding carboxylic acids is 2. The molecular weight excluding hydrogens is 691 g/mol. The first-order valence-corrected chi connectivity index (χ1v) is 21.0. The first-order valence-electron chi connectivity index (χ1n) is 21.0. The van der Waals surface area contributed by atoms with Crippen molar-refractivity contribution in [2.24, 2.45) is 0 Å². The van der Waals surface area contributed by atoms with Gasteiger partial charge < -0.3 is 34.9 Å². The average molecular weight is 758 g/mol. The third kappa shape index (κ3) is 15.7. The Kier molecular flexibility index (Phi) is 20.3. The molecule has 0 bridgehead atoms. The Morgan fingerprint density at radius 1 is 0.745 bits per heavy atom. The van der Waals surface area contributed by atoms with E-state index >= 15 is 0 Å². The summed E-state index contributed by atoms with van der Waals surface area (Å²) >= 11 is 0. The van der Waals surface area contributed by atoms with Crippen molar-refractivity contribution in [3.63, 3.8) is 0 Å². The molecule has 0 saturated carbocycles. The number of ether oxygens (including phenoxy) is 3. The minimum absolute atomic E-state index is 0.00269. The fraction of sp³-hybridized carbons (Fsp3) is 0.565. The van der Waals surface area contributed by atoms with E-state index < -0.39 is 18.3 Å². The number of esters is 1. The molecule has 1 aliphatic heterocycles. The lowest BCUT2D eigenvalue weighted by atomic mass is 9.97. The van der Waals surface area contributed by atoms with E-state index in [1.54, 1.807) is 6.92 Å². The number of aliphatic hydroxyl groups excluding tert-OH is 1. The largest absolute Gasteiger partial charge is 0.465 e. The molecule has 3 aromatic carbocycles. The normalized spacial score (nSPS) is 16.9. The van der Waals surface area contributed by atoms with Crippen molar-refractivity contribution in [1.29, 1.82) is 0 Å². The van der Waals surface area contributed by atoms with Gasteiger partial charge in [0.15, 0.2) is 6.29 Å². The molecule has 0 radical (unpaired) electrons. The van der Waals surface area contributed by atoms with Gasteiger partial charge >= 0.3 is 12.0 Å². The van der Waals surface area contributed by atoms with Crippen molar-refractivity contribution in [3.05, 3.63) is 95.1 Å². The SMILES string of the molecule is CCCCCCCCN(CCCCCCCC)CC1CC(c2ccc(CO)cc2)OC(c2ccc(-c3ccccc3CNC(=O)NCC(=O)OCC)cc2)O1. The van der Waals surface area contributed by atoms with Gasteiger partial charge in [-0.15, -0.1) is 0 Å². The maximum atomic E-state index is 12.4. The Morgan fingerprint density at radius 3 is 2.00 bits per heavy atom. The molecule has 4 rings (SSSR count). The summed E-state index contributed by atoms with van der Waals surface area (Å²) in [6.07, 6.45) is 15.5. The molecule has 1 aliphatic rings. The molecule has 0 aliphatic carbocycles. The van der Waals surface area contributed by atoms with E-state index in [0.29, 0.717) is 6.54 Å². The molecule has 1 saturated heterocycles. The first kappa shape index (κ1) is 44.0. The number of rotatable bonds is 25. The summed E-state index contributed by atoms with van der Waals surface area (Å²) in [4.78, 5) is 26.7. The molecule has 1 fully saturated rings. The quantitative estimate of drug-likeness (QED) is 0.0583. The highest BCUT2D eigenvalue weighted by molar-refractivity contribution is 5.81. The van der Waals surface area contributed by atoms with Crippen LogP contribution in [0.2, 0.25) is 0 Å². The van der Waals surface area contributed by atoms with E-state index in [-0.39, 0.29) is 32.0 Å². The van der Waals surface area contributed by atoms with Crippen LogP contribution in [0.25, 0.3) is 11.1 Å². The fourth-order valence-corrected chi connectivity index (χ4v) is 7.23. The van der Waals surface area contributed by atoms with E-state index in [1.807, 2.05) is 36.4 Å². The van der Waals surface area contributed by atoms with Crippen LogP contribution in [0.1, 0.15) is 139 Å². The third-order valence-corrected chi connectivity index (χ3v) is 10.4. The van der Waals surface area contributed by atoms with Crippen molar-refractivity contribution >= 4 is 12.0 Å². The Balaban J connectivity index is 1.47. The van der Waals surface area contributed by atoms with Crippen LogP contribution in [0.15, 0.2) is 72.8 Å². The number of aliphatic hydroxyl groups is 1. The average Bonchev–Trinajstić information content (AvgIpc) is 3.22. The van der Waals surface area contributed by atoms with Crippen molar-refractivity contribution < 1.29 is 28.9 Å². The highest BCUT2D eigenvalue weighted by atomic mass is 16.7. The zero-order valence-corrected chi connectivity index (χ0v) is 33.7. The maximum Gasteiger partial charge on any atom is 0.325 e. The summed E-state index contributed by atoms with van der Waals surface area (Å²) in [5, 5.41) is 15.1. The summed E-state index contributed by atoms with van der Waals surface area (Å²) in [5.74, 6) is -0.472. The van der Waals surface area contributed by atoms with E-state index in [2.05, 4.69) is 65.8 Å². The molecule has 0 aromatic heterocycles. The second-order valence-corrected chi connectivity index (χ2v) is 14.8. The number of nitrogens with one attached hydrogen (secondary N) is 2. The van der Waals surface area contributed by atoms with Crippen LogP contribution in [-0.4, -0.2) is 60.9 Å². The van der Waals surface area contributed by atoms with E-state index in [9.17, 15) is 14.7 Å². The zero-order valence-electron chi connectivity index (χ0n) is 33.7. The van der Waals surface area contributed by atoms with Gasteiger partial charge in [0.2, 0.25) is 0 Å². The molecule has 3 aromatic rings. The minimum Gasteiger partial charge on any atom is -0.465 e. The highest BCUT2D eigenvalue weighted by Crippen LogP contribution is 2.39. The van der Waals surface area contributed by atoms with Gasteiger partial charge in [-0.05, 0) is 60.7 Å². The van der Waals surface area contributed by atoms with Crippen molar-refractivity contribution in [1.82, 2.24) is 15.5 Å². The van der Waals surface area contributed by atoms with Gasteiger partial charge in [0.05, 0.1) is 25.4 Å². The monoisotopic (exact) mass is 758 g/mol. The van der Waals surface area contributed by atoms with Crippen LogP contribution < -0.4 is 10.6 Å². The smallest absolute Gasteiger partial charge is 0.325 e. The van der Waals surface area contributed by atoms with E-state index in [4.69, 9.17) is 14.2 Å². The van der Waals surface area contributed by atoms with Crippen molar-refractivity contribution in [2.45, 2.75) is 136 Å². The minimum atomic E-state index is -0.528. The van der Waals surface area contributed by atoms with E-state index in [1.165, 1.54) is 77.0 Å². The number of amides is 2. The Labute approximate surface area is 330 Å². The Hall–Kier alpha value is -3.76. The zero-order chi connectivity index (χ0) is 39.1. The Bertz CT molecular complexity index is 1500. The highest BCUT2D eigenvalue weighted by Gasteiger charge is 2.33. The molecule has 1 heterocycles. The molecule has 9 nitrogen and oxygen atoms in total. The van der Waals surface area contributed by atoms with Gasteiger partial charge in [0.25, 0.3) is 0 Å². The van der Waals surface area contributed by atoms with Gasteiger partial charge in [0, 0.05) is 25.1 Å². The van der Waals surface area contributed by atoms with Gasteiger partial charge in [-0.1, -0.05) is 151 Å². The summed E-state index contributed by atoms with van der Waals surface area (Å²) in [6.45, 7) is 9.74. The standard InChI is InChI=1S/C46H67N3O6/c1-4-7-9-11-13-17-29-49(30-18-14-12-10-8-5-2)34-41-31-43(38-23-21-36(35-50)22-24-38)55-45(54-41)39-27-25-37(26-28-39)42-20-16-15-19-40(42)32-47-46(52)48-33-44(51)53-6-3/h15-16,19-28,41,43,45,50H,4-14,17-18,29-35H2,1-3H3,(H2,47,48,52). The third-order valence-electron chi connectivity index (χ3n) is 10.4. The number of benzene rings is 3. The molecule has 3 atom stereocenters. The van der Waals surface area contributed by atoms with Gasteiger partial charge in [-0.2, -0.15) is 0 Å². The molecule has 2 amide bonds.